The van der Waals surface area contributed by atoms with Crippen molar-refractivity contribution >= 4 is 41.4 Å². The molecule has 0 radical (unpaired) electrons. The predicted molar refractivity (Wildman–Crippen MR) is 83.1 cm³/mol. The van der Waals surface area contributed by atoms with Crippen molar-refractivity contribution in [3.63, 3.8) is 0 Å². The number of benzene rings is 1. The highest BCUT2D eigenvalue weighted by atomic mass is 35.5. The van der Waals surface area contributed by atoms with Crippen molar-refractivity contribution in [1.82, 2.24) is 10.3 Å². The van der Waals surface area contributed by atoms with Crippen LogP contribution in [0.3, 0.4) is 0 Å². The van der Waals surface area contributed by atoms with Gasteiger partial charge in [0.15, 0.2) is 0 Å². The van der Waals surface area contributed by atoms with Gasteiger partial charge < -0.3 is 9.52 Å². The Kier molecular flexibility index (Phi) is 4.08. The number of hydrazone groups is 1. The van der Waals surface area contributed by atoms with Gasteiger partial charge in [0, 0.05) is 5.56 Å². The predicted octanol–water partition coefficient (Wildman–Crippen LogP) is 2.46. The van der Waals surface area contributed by atoms with Crippen molar-refractivity contribution in [2.24, 2.45) is 5.10 Å². The summed E-state index contributed by atoms with van der Waals surface area (Å²) in [5.41, 5.74) is 0.716. The number of aliphatic hydroxyl groups excluding tert-OH is 1. The largest absolute Gasteiger partial charge is 0.455 e. The second-order valence-corrected chi connectivity index (χ2v) is 5.40. The standard InChI is InChI=1S/C14H9Cl2N3O4/c15-9-3-1-7(5-10(9)16)11-4-2-8(23-11)6-17-19-13(21)12(20)18-14(19)22/h1-6,13,21H,(H,18,20,22). The van der Waals surface area contributed by atoms with Gasteiger partial charge in [0.1, 0.15) is 11.5 Å². The van der Waals surface area contributed by atoms with Crippen LogP contribution in [0, 0.1) is 0 Å². The minimum Gasteiger partial charge on any atom is -0.455 e. The molecule has 118 valence electrons. The first-order chi connectivity index (χ1) is 11.0. The highest BCUT2D eigenvalue weighted by molar-refractivity contribution is 6.42. The van der Waals surface area contributed by atoms with Crippen molar-refractivity contribution in [3.05, 3.63) is 46.1 Å². The van der Waals surface area contributed by atoms with Gasteiger partial charge in [0.25, 0.3) is 5.91 Å². The smallest absolute Gasteiger partial charge is 0.347 e. The Morgan fingerprint density at radius 1 is 1.22 bits per heavy atom. The molecule has 1 saturated heterocycles. The van der Waals surface area contributed by atoms with Crippen LogP contribution in [0.25, 0.3) is 11.3 Å². The Bertz CT molecular complexity index is 818. The van der Waals surface area contributed by atoms with Gasteiger partial charge in [-0.15, -0.1) is 0 Å². The molecule has 0 spiro atoms. The molecule has 1 unspecified atom stereocenters. The molecule has 0 aliphatic carbocycles. The molecule has 3 rings (SSSR count). The molecule has 2 N–H and O–H groups in total. The molecule has 1 fully saturated rings. The van der Waals surface area contributed by atoms with Gasteiger partial charge in [0.2, 0.25) is 6.23 Å². The molecule has 2 aromatic rings. The number of halogens is 2. The highest BCUT2D eigenvalue weighted by Gasteiger charge is 2.37. The number of amides is 3. The zero-order chi connectivity index (χ0) is 16.6. The van der Waals surface area contributed by atoms with E-state index in [1.807, 2.05) is 5.32 Å². The fourth-order valence-corrected chi connectivity index (χ4v) is 2.21. The van der Waals surface area contributed by atoms with Crippen molar-refractivity contribution in [3.8, 4) is 11.3 Å². The Labute approximate surface area is 140 Å². The van der Waals surface area contributed by atoms with E-state index < -0.39 is 18.2 Å². The first-order valence-corrected chi connectivity index (χ1v) is 7.12. The number of furan rings is 1. The summed E-state index contributed by atoms with van der Waals surface area (Å²) in [7, 11) is 0. The maximum absolute atomic E-state index is 11.4. The van der Waals surface area contributed by atoms with Crippen LogP contribution < -0.4 is 5.32 Å². The molecule has 23 heavy (non-hydrogen) atoms. The zero-order valence-electron chi connectivity index (χ0n) is 11.4. The van der Waals surface area contributed by atoms with E-state index in [4.69, 9.17) is 27.6 Å². The average molecular weight is 354 g/mol. The topological polar surface area (TPSA) is 95.1 Å². The van der Waals surface area contributed by atoms with Gasteiger partial charge >= 0.3 is 6.03 Å². The molecular formula is C14H9Cl2N3O4. The summed E-state index contributed by atoms with van der Waals surface area (Å²) in [5.74, 6) is 0.0148. The van der Waals surface area contributed by atoms with Gasteiger partial charge in [-0.2, -0.15) is 10.1 Å². The van der Waals surface area contributed by atoms with Gasteiger partial charge in [-0.3, -0.25) is 10.1 Å². The highest BCUT2D eigenvalue weighted by Crippen LogP contribution is 2.29. The lowest BCUT2D eigenvalue weighted by molar-refractivity contribution is -0.130. The normalized spacial score (nSPS) is 18.0. The molecule has 1 aromatic heterocycles. The monoisotopic (exact) mass is 353 g/mol. The molecule has 9 heteroatoms. The quantitative estimate of drug-likeness (QED) is 0.654. The molecule has 0 saturated carbocycles. The molecule has 2 heterocycles. The molecule has 1 aliphatic heterocycles. The van der Waals surface area contributed by atoms with Crippen molar-refractivity contribution in [2.75, 3.05) is 0 Å². The van der Waals surface area contributed by atoms with Crippen molar-refractivity contribution in [1.29, 1.82) is 0 Å². The van der Waals surface area contributed by atoms with Crippen LogP contribution in [-0.4, -0.2) is 34.5 Å². The second kappa shape index (κ2) is 6.04. The van der Waals surface area contributed by atoms with Crippen LogP contribution >= 0.6 is 23.2 Å². The van der Waals surface area contributed by atoms with E-state index in [0.29, 0.717) is 32.1 Å². The Morgan fingerprint density at radius 3 is 2.65 bits per heavy atom. The van der Waals surface area contributed by atoms with Gasteiger partial charge in [-0.1, -0.05) is 23.2 Å². The third kappa shape index (κ3) is 3.07. The first-order valence-electron chi connectivity index (χ1n) is 6.37. The van der Waals surface area contributed by atoms with E-state index in [2.05, 4.69) is 5.10 Å². The average Bonchev–Trinajstić information content (AvgIpc) is 3.07. The van der Waals surface area contributed by atoms with E-state index in [9.17, 15) is 14.7 Å². The lowest BCUT2D eigenvalue weighted by Crippen LogP contribution is -2.30. The summed E-state index contributed by atoms with van der Waals surface area (Å²) in [6.45, 7) is 0. The number of nitrogens with one attached hydrogen (secondary N) is 1. The zero-order valence-corrected chi connectivity index (χ0v) is 12.9. The Morgan fingerprint density at radius 2 is 2.00 bits per heavy atom. The maximum Gasteiger partial charge on any atom is 0.347 e. The summed E-state index contributed by atoms with van der Waals surface area (Å²) in [6.07, 6.45) is -0.439. The maximum atomic E-state index is 11.4. The van der Waals surface area contributed by atoms with Crippen molar-refractivity contribution in [2.45, 2.75) is 6.23 Å². The van der Waals surface area contributed by atoms with Crippen LogP contribution in [0.1, 0.15) is 5.76 Å². The fraction of sp³-hybridized carbons (Fsp3) is 0.0714. The number of carbonyl (C=O) groups is 2. The number of urea groups is 1. The third-order valence-electron chi connectivity index (χ3n) is 3.04. The number of hydrogen-bond donors (Lipinski definition) is 2. The molecule has 0 bridgehead atoms. The fourth-order valence-electron chi connectivity index (χ4n) is 1.91. The van der Waals surface area contributed by atoms with Gasteiger partial charge in [-0.05, 0) is 30.3 Å². The third-order valence-corrected chi connectivity index (χ3v) is 3.78. The van der Waals surface area contributed by atoms with E-state index in [-0.39, 0.29) is 0 Å². The number of imide groups is 1. The molecule has 1 aromatic carbocycles. The lowest BCUT2D eigenvalue weighted by Gasteiger charge is -2.08. The number of rotatable bonds is 3. The van der Waals surface area contributed by atoms with E-state index in [1.165, 1.54) is 6.21 Å². The second-order valence-electron chi connectivity index (χ2n) is 4.59. The molecule has 1 aliphatic rings. The van der Waals surface area contributed by atoms with E-state index >= 15 is 0 Å². The van der Waals surface area contributed by atoms with Crippen LogP contribution in [0.2, 0.25) is 10.0 Å². The summed E-state index contributed by atoms with van der Waals surface area (Å²) in [6, 6.07) is 7.53. The van der Waals surface area contributed by atoms with Gasteiger partial charge in [-0.25, -0.2) is 4.79 Å². The number of nitrogens with zero attached hydrogens (tertiary/aromatic N) is 2. The Balaban J connectivity index is 1.79. The molecular weight excluding hydrogens is 345 g/mol. The molecule has 7 nitrogen and oxygen atoms in total. The SMILES string of the molecule is O=C1NC(=O)N(N=Cc2ccc(-c3ccc(Cl)c(Cl)c3)o2)C1O. The summed E-state index contributed by atoms with van der Waals surface area (Å²) >= 11 is 11.8. The van der Waals surface area contributed by atoms with Crippen LogP contribution in [0.4, 0.5) is 4.79 Å². The van der Waals surface area contributed by atoms with E-state index in [1.54, 1.807) is 30.3 Å². The molecule has 1 atom stereocenters. The first kappa shape index (κ1) is 15.5. The Hall–Kier alpha value is -2.35. The van der Waals surface area contributed by atoms with Crippen molar-refractivity contribution < 1.29 is 19.1 Å². The van der Waals surface area contributed by atoms with E-state index in [0.717, 1.165) is 0 Å². The molecule has 3 amide bonds. The minimum absolute atomic E-state index is 0.324. The van der Waals surface area contributed by atoms with Gasteiger partial charge in [0.05, 0.1) is 16.3 Å². The van der Waals surface area contributed by atoms with Crippen LogP contribution in [0.5, 0.6) is 0 Å². The minimum atomic E-state index is -1.65. The summed E-state index contributed by atoms with van der Waals surface area (Å²) in [5, 5.41) is 16.6. The number of aliphatic hydroxyl groups is 1. The van der Waals surface area contributed by atoms with Crippen LogP contribution in [-0.2, 0) is 4.79 Å². The number of carbonyl (C=O) groups excluding carboxylic acids is 2. The summed E-state index contributed by atoms with van der Waals surface area (Å²) < 4.78 is 5.55. The summed E-state index contributed by atoms with van der Waals surface area (Å²) in [4.78, 5) is 22.5. The lowest BCUT2D eigenvalue weighted by atomic mass is 10.2. The number of hydrogen-bond acceptors (Lipinski definition) is 5. The van der Waals surface area contributed by atoms with Crippen LogP contribution in [0.15, 0.2) is 39.9 Å².